The van der Waals surface area contributed by atoms with E-state index in [9.17, 15) is 17.2 Å². The van der Waals surface area contributed by atoms with Crippen LogP contribution in [-0.2, 0) is 20.7 Å². The Bertz CT molecular complexity index is 457. The van der Waals surface area contributed by atoms with Crippen LogP contribution in [0.5, 0.6) is 0 Å². The number of benzene rings is 1. The van der Waals surface area contributed by atoms with Crippen molar-refractivity contribution in [1.29, 1.82) is 0 Å². The number of halogens is 2. The number of hydrogen-bond donors (Lipinski definition) is 0. The predicted molar refractivity (Wildman–Crippen MR) is 55.5 cm³/mol. The molecule has 0 saturated heterocycles. The van der Waals surface area contributed by atoms with E-state index in [0.717, 1.165) is 18.4 Å². The van der Waals surface area contributed by atoms with Gasteiger partial charge in [0.1, 0.15) is 11.6 Å². The first-order valence-electron chi connectivity index (χ1n) is 4.67. The molecule has 0 aliphatic heterocycles. The van der Waals surface area contributed by atoms with E-state index in [1.54, 1.807) is 0 Å². The summed E-state index contributed by atoms with van der Waals surface area (Å²) in [5.41, 5.74) is 0.346. The molecule has 1 rings (SSSR count). The zero-order chi connectivity index (χ0) is 12.2. The van der Waals surface area contributed by atoms with Crippen LogP contribution in [0.3, 0.4) is 0 Å². The molecule has 90 valence electrons. The molecule has 0 aliphatic rings. The summed E-state index contributed by atoms with van der Waals surface area (Å²) in [4.78, 5) is 0. The van der Waals surface area contributed by atoms with Crippen LogP contribution >= 0.6 is 0 Å². The molecule has 0 bridgehead atoms. The van der Waals surface area contributed by atoms with Gasteiger partial charge in [-0.1, -0.05) is 6.07 Å². The topological polar surface area (TPSA) is 43.4 Å². The van der Waals surface area contributed by atoms with E-state index in [1.165, 1.54) is 6.07 Å². The van der Waals surface area contributed by atoms with Gasteiger partial charge in [0.25, 0.3) is 10.1 Å². The van der Waals surface area contributed by atoms with Crippen molar-refractivity contribution in [2.45, 2.75) is 12.8 Å². The summed E-state index contributed by atoms with van der Waals surface area (Å²) in [6, 6.07) is 3.30. The van der Waals surface area contributed by atoms with Gasteiger partial charge in [0, 0.05) is 6.07 Å². The molecule has 3 nitrogen and oxygen atoms in total. The minimum atomic E-state index is -3.45. The lowest BCUT2D eigenvalue weighted by atomic mass is 10.1. The molecule has 0 aliphatic carbocycles. The second-order valence-corrected chi connectivity index (χ2v) is 5.01. The second-order valence-electron chi connectivity index (χ2n) is 3.37. The van der Waals surface area contributed by atoms with E-state index in [0.29, 0.717) is 18.4 Å². The fourth-order valence-electron chi connectivity index (χ4n) is 1.20. The first-order chi connectivity index (χ1) is 7.38. The summed E-state index contributed by atoms with van der Waals surface area (Å²) in [6.07, 6.45) is 1.61. The van der Waals surface area contributed by atoms with Gasteiger partial charge in [0.15, 0.2) is 0 Å². The summed E-state index contributed by atoms with van der Waals surface area (Å²) in [7, 11) is -3.45. The van der Waals surface area contributed by atoms with Crippen LogP contribution in [0.4, 0.5) is 8.78 Å². The molecular formula is C10H12F2O3S. The van der Waals surface area contributed by atoms with Gasteiger partial charge in [-0.25, -0.2) is 8.78 Å². The van der Waals surface area contributed by atoms with Gasteiger partial charge in [-0.2, -0.15) is 8.42 Å². The maximum absolute atomic E-state index is 13.1. The molecule has 0 heterocycles. The quantitative estimate of drug-likeness (QED) is 0.592. The van der Waals surface area contributed by atoms with Crippen LogP contribution in [-0.4, -0.2) is 21.3 Å². The number of hydrogen-bond acceptors (Lipinski definition) is 3. The zero-order valence-electron chi connectivity index (χ0n) is 8.74. The number of rotatable bonds is 5. The Morgan fingerprint density at radius 3 is 2.56 bits per heavy atom. The van der Waals surface area contributed by atoms with Gasteiger partial charge in [-0.15, -0.1) is 0 Å². The zero-order valence-corrected chi connectivity index (χ0v) is 9.56. The van der Waals surface area contributed by atoms with Crippen molar-refractivity contribution in [3.8, 4) is 0 Å². The van der Waals surface area contributed by atoms with Crippen LogP contribution in [0.25, 0.3) is 0 Å². The molecule has 0 radical (unpaired) electrons. The average Bonchev–Trinajstić information content (AvgIpc) is 2.13. The van der Waals surface area contributed by atoms with Gasteiger partial charge < -0.3 is 0 Å². The van der Waals surface area contributed by atoms with Crippen molar-refractivity contribution in [1.82, 2.24) is 0 Å². The third kappa shape index (κ3) is 4.67. The molecule has 16 heavy (non-hydrogen) atoms. The van der Waals surface area contributed by atoms with Gasteiger partial charge >= 0.3 is 0 Å². The lowest BCUT2D eigenvalue weighted by Gasteiger charge is -2.03. The molecule has 1 aromatic carbocycles. The van der Waals surface area contributed by atoms with Crippen molar-refractivity contribution in [2.75, 3.05) is 12.9 Å². The summed E-state index contributed by atoms with van der Waals surface area (Å²) < 4.78 is 51.4. The third-order valence-electron chi connectivity index (χ3n) is 1.90. The molecule has 0 unspecified atom stereocenters. The molecule has 0 aromatic heterocycles. The molecule has 6 heteroatoms. The van der Waals surface area contributed by atoms with Crippen LogP contribution in [0, 0.1) is 11.6 Å². The Balaban J connectivity index is 2.43. The van der Waals surface area contributed by atoms with E-state index in [1.807, 2.05) is 0 Å². The molecule has 0 N–H and O–H groups in total. The highest BCUT2D eigenvalue weighted by atomic mass is 32.2. The van der Waals surface area contributed by atoms with Crippen LogP contribution in [0.15, 0.2) is 18.2 Å². The summed E-state index contributed by atoms with van der Waals surface area (Å²) in [5.74, 6) is -1.26. The van der Waals surface area contributed by atoms with Gasteiger partial charge in [-0.05, 0) is 24.5 Å². The Labute approximate surface area is 93.2 Å². The first kappa shape index (κ1) is 13.1. The van der Waals surface area contributed by atoms with E-state index in [4.69, 9.17) is 0 Å². The minimum absolute atomic E-state index is 0.00432. The van der Waals surface area contributed by atoms with E-state index in [2.05, 4.69) is 4.18 Å². The first-order valence-corrected chi connectivity index (χ1v) is 6.48. The average molecular weight is 250 g/mol. The summed E-state index contributed by atoms with van der Waals surface area (Å²) >= 11 is 0. The van der Waals surface area contributed by atoms with Gasteiger partial charge in [-0.3, -0.25) is 4.18 Å². The lowest BCUT2D eigenvalue weighted by molar-refractivity contribution is 0.315. The van der Waals surface area contributed by atoms with Crippen LogP contribution in [0.1, 0.15) is 12.0 Å². The van der Waals surface area contributed by atoms with E-state index in [-0.39, 0.29) is 6.61 Å². The minimum Gasteiger partial charge on any atom is -0.270 e. The predicted octanol–water partition coefficient (Wildman–Crippen LogP) is 1.87. The van der Waals surface area contributed by atoms with Crippen LogP contribution < -0.4 is 0 Å². The van der Waals surface area contributed by atoms with Gasteiger partial charge in [0.2, 0.25) is 0 Å². The molecule has 0 atom stereocenters. The highest BCUT2D eigenvalue weighted by Crippen LogP contribution is 2.11. The van der Waals surface area contributed by atoms with E-state index < -0.39 is 21.8 Å². The smallest absolute Gasteiger partial charge is 0.264 e. The Hall–Kier alpha value is -1.01. The van der Waals surface area contributed by atoms with Crippen molar-refractivity contribution in [3.63, 3.8) is 0 Å². The van der Waals surface area contributed by atoms with Crippen molar-refractivity contribution in [3.05, 3.63) is 35.4 Å². The summed E-state index contributed by atoms with van der Waals surface area (Å²) in [6.45, 7) is -0.00432. The number of aryl methyl sites for hydroxylation is 1. The maximum atomic E-state index is 13.1. The highest BCUT2D eigenvalue weighted by molar-refractivity contribution is 7.85. The van der Waals surface area contributed by atoms with Crippen molar-refractivity contribution >= 4 is 10.1 Å². The van der Waals surface area contributed by atoms with Crippen LogP contribution in [0.2, 0.25) is 0 Å². The standard InChI is InChI=1S/C10H12F2O3S/c1-16(13,14)15-6-2-3-8-4-5-9(11)7-10(8)12/h4-5,7H,2-3,6H2,1H3. The SMILES string of the molecule is CS(=O)(=O)OCCCc1ccc(F)cc1F. The molecule has 0 fully saturated rings. The highest BCUT2D eigenvalue weighted by Gasteiger charge is 2.05. The molecule has 1 aromatic rings. The molecule has 0 spiro atoms. The normalized spacial score (nSPS) is 11.7. The molecule has 0 amide bonds. The third-order valence-corrected chi connectivity index (χ3v) is 2.50. The second kappa shape index (κ2) is 5.36. The fourth-order valence-corrected chi connectivity index (χ4v) is 1.62. The summed E-state index contributed by atoms with van der Waals surface area (Å²) in [5, 5.41) is 0. The molecular weight excluding hydrogens is 238 g/mol. The molecule has 0 saturated carbocycles. The van der Waals surface area contributed by atoms with E-state index >= 15 is 0 Å². The fraction of sp³-hybridized carbons (Fsp3) is 0.400. The maximum Gasteiger partial charge on any atom is 0.264 e. The largest absolute Gasteiger partial charge is 0.270 e. The lowest BCUT2D eigenvalue weighted by Crippen LogP contribution is -2.05. The van der Waals surface area contributed by atoms with Gasteiger partial charge in [0.05, 0.1) is 12.9 Å². The Kier molecular flexibility index (Phi) is 4.37. The van der Waals surface area contributed by atoms with Crippen molar-refractivity contribution in [2.24, 2.45) is 0 Å². The monoisotopic (exact) mass is 250 g/mol. The van der Waals surface area contributed by atoms with Crippen molar-refractivity contribution < 1.29 is 21.4 Å². The Morgan fingerprint density at radius 2 is 2.00 bits per heavy atom. The Morgan fingerprint density at radius 1 is 1.31 bits per heavy atom.